The molecule has 2 fully saturated rings. The molecule has 24 heteroatoms. The Bertz CT molecular complexity index is 6080. The average Bonchev–Trinajstić information content (AvgIpc) is 1.51. The van der Waals surface area contributed by atoms with Crippen molar-refractivity contribution in [1.29, 1.82) is 0 Å². The van der Waals surface area contributed by atoms with Gasteiger partial charge in [0.05, 0.1) is 41.9 Å². The van der Waals surface area contributed by atoms with Gasteiger partial charge in [0, 0.05) is 146 Å². The molecule has 2 aliphatic carbocycles. The maximum absolute atomic E-state index is 12.3. The number of fused-ring (bicyclic) bond motifs is 6. The predicted molar refractivity (Wildman–Crippen MR) is 566 cm³/mol. The fourth-order valence-corrected chi connectivity index (χ4v) is 24.9. The summed E-state index contributed by atoms with van der Waals surface area (Å²) >= 11 is 53.3. The Balaban J connectivity index is 0.000000126. The summed E-state index contributed by atoms with van der Waals surface area (Å²) in [5, 5.41) is 3.76. The molecule has 0 saturated heterocycles. The van der Waals surface area contributed by atoms with Crippen LogP contribution in [-0.2, 0) is 68.0 Å². The fraction of sp³-hybridized carbons (Fsp3) is 0.263. The van der Waals surface area contributed by atoms with E-state index in [2.05, 4.69) is 85.8 Å². The highest BCUT2D eigenvalue weighted by molar-refractivity contribution is 7.16. The van der Waals surface area contributed by atoms with Crippen LogP contribution in [0.25, 0.3) is 22.3 Å². The van der Waals surface area contributed by atoms with Gasteiger partial charge in [-0.2, -0.15) is 0 Å². The van der Waals surface area contributed by atoms with Crippen molar-refractivity contribution < 1.29 is 28.8 Å². The molecule has 0 unspecified atom stereocenters. The van der Waals surface area contributed by atoms with Gasteiger partial charge in [-0.1, -0.05) is 304 Å². The predicted octanol–water partition coefficient (Wildman–Crippen LogP) is 28.6. The second kappa shape index (κ2) is 47.8. The second-order valence-corrected chi connectivity index (χ2v) is 41.6. The second-order valence-electron chi connectivity index (χ2n) is 35.6. The van der Waals surface area contributed by atoms with Crippen molar-refractivity contribution in [2.24, 2.45) is 11.8 Å². The van der Waals surface area contributed by atoms with E-state index in [1.54, 1.807) is 69.4 Å². The van der Waals surface area contributed by atoms with E-state index in [4.69, 9.17) is 92.8 Å². The van der Waals surface area contributed by atoms with Crippen molar-refractivity contribution >= 4 is 151 Å². The highest BCUT2D eigenvalue weighted by Gasteiger charge is 2.40. The van der Waals surface area contributed by atoms with Gasteiger partial charge in [0.2, 0.25) is 35.4 Å². The first-order valence-corrected chi connectivity index (χ1v) is 51.2. The standard InChI is InChI=1S/2C21H17ClN2OS.2C18H15Cl2NO.2C18H22ClNO/c2*1-2-21(25)24-12-18(17-11-20(22)26-19(17)13-24)16-6-4-3-5-15(16)14-7-9-23-10-8-14;2*1-2-16(22)21-10-13-8-9-15(19)18(20)17(13)14(11-21)12-6-4-3-5-7-12;2*1-2-18(21)20-11-14-10-15(19)8-9-16(14)17(12-20)13-6-4-3-5-7-13/h2*2-11,18H,1,12-13H2;2*2-9,14H,1,10-11H2;2*2,8-10,13,17H,1,3-7,11-12H2/t2*18-;2*14-;2*17-/m101010/s1. The van der Waals surface area contributed by atoms with Gasteiger partial charge in [-0.3, -0.25) is 38.7 Å². The molecule has 0 radical (unpaired) electrons. The Labute approximate surface area is 857 Å². The lowest BCUT2D eigenvalue weighted by Crippen LogP contribution is -2.40. The highest BCUT2D eigenvalue weighted by atomic mass is 35.5. The summed E-state index contributed by atoms with van der Waals surface area (Å²) in [6.45, 7) is 29.3. The molecule has 4 aromatic heterocycles. The number of hydrogen-bond acceptors (Lipinski definition) is 10. The van der Waals surface area contributed by atoms with E-state index in [0.29, 0.717) is 109 Å². The van der Waals surface area contributed by atoms with Crippen molar-refractivity contribution in [3.63, 3.8) is 0 Å². The monoisotopic (exact) mass is 2030 g/mol. The maximum Gasteiger partial charge on any atom is 0.246 e. The molecular weight excluding hydrogens is 1930 g/mol. The van der Waals surface area contributed by atoms with Crippen LogP contribution in [0.15, 0.2) is 307 Å². The fourth-order valence-electron chi connectivity index (χ4n) is 20.8. The molecule has 20 rings (SSSR count). The van der Waals surface area contributed by atoms with Gasteiger partial charge in [0.1, 0.15) is 0 Å². The van der Waals surface area contributed by atoms with Gasteiger partial charge < -0.3 is 29.4 Å². The number of thiophene rings is 2. The molecule has 14 nitrogen and oxygen atoms in total. The molecule has 2 saturated carbocycles. The number of carbonyl (C=O) groups excluding carboxylic acids is 6. The average molecular weight is 2030 g/mol. The van der Waals surface area contributed by atoms with E-state index < -0.39 is 0 Å². The molecule has 6 aliphatic heterocycles. The summed E-state index contributed by atoms with van der Waals surface area (Å²) in [5.41, 5.74) is 20.9. The van der Waals surface area contributed by atoms with Crippen LogP contribution in [0, 0.1) is 11.8 Å². The zero-order chi connectivity index (χ0) is 97.2. The van der Waals surface area contributed by atoms with E-state index in [1.165, 1.54) is 145 Å². The summed E-state index contributed by atoms with van der Waals surface area (Å²) in [6, 6.07) is 68.7. The van der Waals surface area contributed by atoms with E-state index in [1.807, 2.05) is 177 Å². The molecule has 138 heavy (non-hydrogen) atoms. The highest BCUT2D eigenvalue weighted by Crippen LogP contribution is 2.50. The zero-order valence-electron chi connectivity index (χ0n) is 76.7. The quantitative estimate of drug-likeness (QED) is 0.0978. The van der Waals surface area contributed by atoms with Crippen molar-refractivity contribution in [2.75, 3.05) is 39.3 Å². The number of halogens is 8. The first kappa shape index (κ1) is 101. The SMILES string of the molecule is C=CC(=O)N1Cc2cc(Cl)ccc2[C@@H](C2CCCCC2)C1.C=CC(=O)N1Cc2cc(Cl)ccc2[C@H](C2CCCCC2)C1.C=CC(=O)N1Cc2ccc(Cl)c(Cl)c2[C@@H](c2ccccc2)C1.C=CC(=O)N1Cc2ccc(Cl)c(Cl)c2[C@H](c2ccccc2)C1.C=CC(=O)N1Cc2sc(Cl)cc2[C@@H](c2ccccc2-c2ccncc2)C1.C=CC(=O)N1Cc2sc(Cl)cc2[C@H](c2ccccc2-c2ccncc2)C1. The molecule has 0 N–H and O–H groups in total. The lowest BCUT2D eigenvalue weighted by molar-refractivity contribution is -0.128. The van der Waals surface area contributed by atoms with Gasteiger partial charge in [-0.05, 0) is 247 Å². The lowest BCUT2D eigenvalue weighted by Gasteiger charge is -2.39. The topological polar surface area (TPSA) is 148 Å². The third-order valence-corrected chi connectivity index (χ3v) is 32.1. The Morgan fingerprint density at radius 3 is 0.964 bits per heavy atom. The van der Waals surface area contributed by atoms with Crippen molar-refractivity contribution in [3.05, 3.63) is 433 Å². The van der Waals surface area contributed by atoms with Crippen molar-refractivity contribution in [2.45, 2.75) is 139 Å². The van der Waals surface area contributed by atoms with Gasteiger partial charge in [-0.15, -0.1) is 22.7 Å². The molecule has 8 aliphatic rings. The van der Waals surface area contributed by atoms with Crippen LogP contribution in [0.4, 0.5) is 0 Å². The largest absolute Gasteiger partial charge is 0.334 e. The van der Waals surface area contributed by atoms with Gasteiger partial charge in [0.25, 0.3) is 0 Å². The molecule has 8 aromatic carbocycles. The molecule has 0 spiro atoms. The molecule has 12 aromatic rings. The van der Waals surface area contributed by atoms with E-state index in [-0.39, 0.29) is 59.1 Å². The van der Waals surface area contributed by atoms with Crippen LogP contribution in [0.5, 0.6) is 0 Å². The number of amides is 6. The van der Waals surface area contributed by atoms with Crippen LogP contribution >= 0.6 is 115 Å². The minimum absolute atomic E-state index is 0.0139. The van der Waals surface area contributed by atoms with Gasteiger partial charge in [-0.25, -0.2) is 0 Å². The third kappa shape index (κ3) is 24.0. The van der Waals surface area contributed by atoms with Crippen LogP contribution < -0.4 is 0 Å². The molecule has 708 valence electrons. The first-order chi connectivity index (χ1) is 66.9. The van der Waals surface area contributed by atoms with Crippen LogP contribution in [0.3, 0.4) is 0 Å². The smallest absolute Gasteiger partial charge is 0.246 e. The number of aromatic nitrogens is 2. The number of carbonyl (C=O) groups is 6. The first-order valence-electron chi connectivity index (χ1n) is 46.6. The Kier molecular flexibility index (Phi) is 35.1. The van der Waals surface area contributed by atoms with Crippen LogP contribution in [0.1, 0.15) is 187 Å². The minimum Gasteiger partial charge on any atom is -0.334 e. The molecular formula is C114H108Cl8N8O6S2. The summed E-state index contributed by atoms with van der Waals surface area (Å²) < 4.78 is 1.52. The number of hydrogen-bond donors (Lipinski definition) is 0. The Morgan fingerprint density at radius 2 is 0.616 bits per heavy atom. The molecule has 6 atom stereocenters. The van der Waals surface area contributed by atoms with Gasteiger partial charge in [0.15, 0.2) is 0 Å². The lowest BCUT2D eigenvalue weighted by atomic mass is 9.74. The minimum atomic E-state index is -0.0716. The summed E-state index contributed by atoms with van der Waals surface area (Å²) in [5.74, 6) is 2.30. The molecule has 10 heterocycles. The number of rotatable bonds is 14. The Morgan fingerprint density at radius 1 is 0.304 bits per heavy atom. The summed E-state index contributed by atoms with van der Waals surface area (Å²) in [6.07, 6.45) is 28.6. The number of pyridine rings is 2. The maximum atomic E-state index is 12.3. The van der Waals surface area contributed by atoms with Gasteiger partial charge >= 0.3 is 0 Å². The molecule has 0 bridgehead atoms. The summed E-state index contributed by atoms with van der Waals surface area (Å²) in [4.78, 5) is 94.4. The van der Waals surface area contributed by atoms with E-state index in [0.717, 1.165) is 97.2 Å². The van der Waals surface area contributed by atoms with Crippen molar-refractivity contribution in [3.8, 4) is 22.3 Å². The molecule has 6 amide bonds. The van der Waals surface area contributed by atoms with Crippen LogP contribution in [-0.4, -0.2) is 114 Å². The zero-order valence-corrected chi connectivity index (χ0v) is 84.4. The third-order valence-electron chi connectivity index (χ3n) is 27.5. The van der Waals surface area contributed by atoms with E-state index >= 15 is 0 Å². The summed E-state index contributed by atoms with van der Waals surface area (Å²) in [7, 11) is 0. The number of benzene rings is 8. The Hall–Kier alpha value is -11.0. The van der Waals surface area contributed by atoms with Crippen LogP contribution in [0.2, 0.25) is 38.8 Å². The normalized spacial score (nSPS) is 18.4. The van der Waals surface area contributed by atoms with Crippen molar-refractivity contribution in [1.82, 2.24) is 39.4 Å². The van der Waals surface area contributed by atoms with E-state index in [9.17, 15) is 28.8 Å². The number of nitrogens with zero attached hydrogens (tertiary/aromatic N) is 8.